The van der Waals surface area contributed by atoms with E-state index in [0.717, 1.165) is 16.6 Å². The first-order valence-corrected chi connectivity index (χ1v) is 11.0. The molecular formula is C22H24N2O3S. The van der Waals surface area contributed by atoms with Crippen LogP contribution < -0.4 is 5.32 Å². The van der Waals surface area contributed by atoms with Gasteiger partial charge in [-0.15, -0.1) is 0 Å². The van der Waals surface area contributed by atoms with Crippen LogP contribution in [0.3, 0.4) is 0 Å². The molecule has 2 bridgehead atoms. The summed E-state index contributed by atoms with van der Waals surface area (Å²) in [7, 11) is 0. The third-order valence-corrected chi connectivity index (χ3v) is 7.70. The van der Waals surface area contributed by atoms with E-state index in [-0.39, 0.29) is 17.7 Å². The molecule has 0 spiro atoms. The Hall–Kier alpha value is -2.21. The standard InChI is InChI=1S/C22H24N2O3S/c25-20(18-14-6-7-15(10-14)19(18)21(26)27)24-22-23-16-9-8-13(11-17(16)28-22)12-4-2-1-3-5-12/h6-9,11-12,14-15,18-19H,1-5,10H2,(H,26,27)(H,23,24,25). The summed E-state index contributed by atoms with van der Waals surface area (Å²) in [5, 5.41) is 13.0. The number of thiazole rings is 1. The van der Waals surface area contributed by atoms with Gasteiger partial charge in [-0.3, -0.25) is 9.59 Å². The van der Waals surface area contributed by atoms with Gasteiger partial charge in [0.05, 0.1) is 22.1 Å². The molecular weight excluding hydrogens is 372 g/mol. The van der Waals surface area contributed by atoms with Gasteiger partial charge in [0, 0.05) is 0 Å². The summed E-state index contributed by atoms with van der Waals surface area (Å²) >= 11 is 1.48. The van der Waals surface area contributed by atoms with Gasteiger partial charge in [0.25, 0.3) is 0 Å². The van der Waals surface area contributed by atoms with Crippen LogP contribution in [-0.2, 0) is 9.59 Å². The van der Waals surface area contributed by atoms with Crippen LogP contribution in [0.1, 0.15) is 50.0 Å². The molecule has 4 atom stereocenters. The Morgan fingerprint density at radius 1 is 1.07 bits per heavy atom. The monoisotopic (exact) mass is 396 g/mol. The number of allylic oxidation sites excluding steroid dienone is 2. The van der Waals surface area contributed by atoms with Crippen molar-refractivity contribution in [1.29, 1.82) is 0 Å². The van der Waals surface area contributed by atoms with Gasteiger partial charge in [0.15, 0.2) is 5.13 Å². The molecule has 2 saturated carbocycles. The van der Waals surface area contributed by atoms with Crippen molar-refractivity contribution in [2.45, 2.75) is 44.4 Å². The van der Waals surface area contributed by atoms with Crippen LogP contribution in [0, 0.1) is 23.7 Å². The Morgan fingerprint density at radius 2 is 1.82 bits per heavy atom. The number of nitrogens with zero attached hydrogens (tertiary/aromatic N) is 1. The van der Waals surface area contributed by atoms with Crippen LogP contribution in [0.4, 0.5) is 5.13 Å². The molecule has 0 aliphatic heterocycles. The minimum absolute atomic E-state index is 0.0216. The fourth-order valence-corrected chi connectivity index (χ4v) is 6.31. The van der Waals surface area contributed by atoms with Crippen LogP contribution in [0.25, 0.3) is 10.2 Å². The number of amides is 1. The van der Waals surface area contributed by atoms with E-state index < -0.39 is 17.8 Å². The molecule has 0 saturated heterocycles. The molecule has 2 aromatic rings. The maximum atomic E-state index is 12.9. The smallest absolute Gasteiger partial charge is 0.307 e. The molecule has 2 N–H and O–H groups in total. The number of fused-ring (bicyclic) bond motifs is 3. The molecule has 146 valence electrons. The van der Waals surface area contributed by atoms with E-state index in [0.29, 0.717) is 11.0 Å². The van der Waals surface area contributed by atoms with Gasteiger partial charge >= 0.3 is 5.97 Å². The zero-order chi connectivity index (χ0) is 19.3. The van der Waals surface area contributed by atoms with Crippen LogP contribution in [0.2, 0.25) is 0 Å². The minimum atomic E-state index is -0.876. The van der Waals surface area contributed by atoms with Crippen molar-refractivity contribution < 1.29 is 14.7 Å². The second-order valence-corrected chi connectivity index (χ2v) is 9.44. The molecule has 1 aromatic heterocycles. The number of carboxylic acids is 1. The Balaban J connectivity index is 1.35. The Labute approximate surface area is 167 Å². The highest BCUT2D eigenvalue weighted by atomic mass is 32.1. The summed E-state index contributed by atoms with van der Waals surface area (Å²) in [6.07, 6.45) is 11.2. The largest absolute Gasteiger partial charge is 0.481 e. The van der Waals surface area contributed by atoms with Crippen LogP contribution in [0.5, 0.6) is 0 Å². The van der Waals surface area contributed by atoms with Gasteiger partial charge in [-0.2, -0.15) is 0 Å². The number of hydrogen-bond acceptors (Lipinski definition) is 4. The molecule has 1 aromatic carbocycles. The molecule has 1 heterocycles. The van der Waals surface area contributed by atoms with Crippen LogP contribution in [-0.4, -0.2) is 22.0 Å². The lowest BCUT2D eigenvalue weighted by molar-refractivity contribution is -0.146. The molecule has 6 heteroatoms. The maximum absolute atomic E-state index is 12.9. The third kappa shape index (κ3) is 3.04. The van der Waals surface area contributed by atoms with E-state index in [9.17, 15) is 14.7 Å². The lowest BCUT2D eigenvalue weighted by atomic mass is 9.82. The van der Waals surface area contributed by atoms with Crippen LogP contribution >= 0.6 is 11.3 Å². The van der Waals surface area contributed by atoms with Gasteiger partial charge < -0.3 is 10.4 Å². The highest BCUT2D eigenvalue weighted by molar-refractivity contribution is 7.22. The van der Waals surface area contributed by atoms with E-state index in [1.165, 1.54) is 49.0 Å². The third-order valence-electron chi connectivity index (χ3n) is 6.77. The predicted molar refractivity (Wildman–Crippen MR) is 109 cm³/mol. The van der Waals surface area contributed by atoms with Gasteiger partial charge in [-0.1, -0.05) is 48.8 Å². The number of aliphatic carboxylic acids is 1. The fraction of sp³-hybridized carbons (Fsp3) is 0.500. The van der Waals surface area contributed by atoms with Crippen molar-refractivity contribution in [3.63, 3.8) is 0 Å². The zero-order valence-corrected chi connectivity index (χ0v) is 16.5. The van der Waals surface area contributed by atoms with E-state index in [2.05, 4.69) is 22.4 Å². The van der Waals surface area contributed by atoms with Crippen molar-refractivity contribution in [2.24, 2.45) is 23.7 Å². The van der Waals surface area contributed by atoms with Gasteiger partial charge in [-0.05, 0) is 54.7 Å². The van der Waals surface area contributed by atoms with Crippen molar-refractivity contribution in [3.05, 3.63) is 35.9 Å². The van der Waals surface area contributed by atoms with E-state index >= 15 is 0 Å². The van der Waals surface area contributed by atoms with Crippen molar-refractivity contribution in [2.75, 3.05) is 5.32 Å². The average molecular weight is 397 g/mol. The number of carbonyl (C=O) groups is 2. The van der Waals surface area contributed by atoms with Gasteiger partial charge in [0.1, 0.15) is 0 Å². The number of carboxylic acid groups (broad SMARTS) is 1. The summed E-state index contributed by atoms with van der Waals surface area (Å²) in [6.45, 7) is 0. The average Bonchev–Trinajstić information content (AvgIpc) is 3.41. The van der Waals surface area contributed by atoms with Crippen molar-refractivity contribution in [1.82, 2.24) is 4.98 Å². The summed E-state index contributed by atoms with van der Waals surface area (Å²) in [5.41, 5.74) is 2.26. The summed E-state index contributed by atoms with van der Waals surface area (Å²) in [6, 6.07) is 6.44. The molecule has 2 fully saturated rings. The molecule has 3 aliphatic carbocycles. The van der Waals surface area contributed by atoms with Gasteiger partial charge in [0.2, 0.25) is 5.91 Å². The maximum Gasteiger partial charge on any atom is 0.307 e. The highest BCUT2D eigenvalue weighted by Gasteiger charge is 2.51. The zero-order valence-electron chi connectivity index (χ0n) is 15.6. The van der Waals surface area contributed by atoms with Crippen LogP contribution in [0.15, 0.2) is 30.4 Å². The Morgan fingerprint density at radius 3 is 2.57 bits per heavy atom. The first kappa shape index (κ1) is 17.9. The Kier molecular flexibility index (Phi) is 4.46. The van der Waals surface area contributed by atoms with Crippen molar-refractivity contribution in [3.8, 4) is 0 Å². The van der Waals surface area contributed by atoms with Crippen molar-refractivity contribution >= 4 is 38.6 Å². The summed E-state index contributed by atoms with van der Waals surface area (Å²) in [4.78, 5) is 29.1. The number of aromatic nitrogens is 1. The molecule has 0 radical (unpaired) electrons. The molecule has 5 rings (SSSR count). The minimum Gasteiger partial charge on any atom is -0.481 e. The summed E-state index contributed by atoms with van der Waals surface area (Å²) in [5.74, 6) is -1.57. The number of nitrogens with one attached hydrogen (secondary N) is 1. The predicted octanol–water partition coefficient (Wildman–Crippen LogP) is 4.81. The molecule has 28 heavy (non-hydrogen) atoms. The summed E-state index contributed by atoms with van der Waals surface area (Å²) < 4.78 is 1.08. The molecule has 4 unspecified atom stereocenters. The fourth-order valence-electron chi connectivity index (χ4n) is 5.39. The van der Waals surface area contributed by atoms with E-state index in [4.69, 9.17) is 0 Å². The lowest BCUT2D eigenvalue weighted by Crippen LogP contribution is -2.36. The quantitative estimate of drug-likeness (QED) is 0.727. The number of anilines is 1. The number of carbonyl (C=O) groups excluding carboxylic acids is 1. The number of benzene rings is 1. The normalized spacial score (nSPS) is 29.4. The van der Waals surface area contributed by atoms with E-state index in [1.807, 2.05) is 18.2 Å². The second kappa shape index (κ2) is 6.99. The number of hydrogen-bond donors (Lipinski definition) is 2. The molecule has 1 amide bonds. The van der Waals surface area contributed by atoms with E-state index in [1.54, 1.807) is 0 Å². The Bertz CT molecular complexity index is 960. The molecule has 5 nitrogen and oxygen atoms in total. The lowest BCUT2D eigenvalue weighted by Gasteiger charge is -2.23. The number of rotatable bonds is 4. The van der Waals surface area contributed by atoms with Gasteiger partial charge in [-0.25, -0.2) is 4.98 Å². The first-order valence-electron chi connectivity index (χ1n) is 10.2. The SMILES string of the molecule is O=C(O)C1C2C=CC(C2)C1C(=O)Nc1nc2ccc(C3CCCCC3)cc2s1. The topological polar surface area (TPSA) is 79.3 Å². The second-order valence-electron chi connectivity index (χ2n) is 8.41. The molecule has 3 aliphatic rings. The highest BCUT2D eigenvalue weighted by Crippen LogP contribution is 2.48. The first-order chi connectivity index (χ1) is 13.6.